The summed E-state index contributed by atoms with van der Waals surface area (Å²) < 4.78 is 40.8. The van der Waals surface area contributed by atoms with Crippen LogP contribution in [0.4, 0.5) is 11.4 Å². The van der Waals surface area contributed by atoms with Crippen molar-refractivity contribution in [3.05, 3.63) is 78.7 Å². The summed E-state index contributed by atoms with van der Waals surface area (Å²) in [6.45, 7) is 12.4. The number of hydrogen-bond donors (Lipinski definition) is 6. The first-order chi connectivity index (χ1) is 30.0. The van der Waals surface area contributed by atoms with Crippen LogP contribution in [0.15, 0.2) is 45.0 Å². The van der Waals surface area contributed by atoms with E-state index in [9.17, 15) is 38.5 Å². The lowest BCUT2D eigenvalue weighted by Crippen LogP contribution is -2.48. The summed E-state index contributed by atoms with van der Waals surface area (Å²) in [5.74, 6) is 2.02. The van der Waals surface area contributed by atoms with Gasteiger partial charge in [0.05, 0.1) is 18.8 Å². The van der Waals surface area contributed by atoms with Crippen molar-refractivity contribution in [3.8, 4) is 11.5 Å². The van der Waals surface area contributed by atoms with E-state index in [1.54, 1.807) is 0 Å². The highest BCUT2D eigenvalue weighted by Gasteiger charge is 2.50. The fraction of sp³-hybridized carbons (Fsp3) is 0.564. The molecule has 6 N–H and O–H groups in total. The molecule has 5 heterocycles. The minimum Gasteiger partial charge on any atom is -0.603 e. The van der Waals surface area contributed by atoms with Crippen molar-refractivity contribution < 1.29 is 61.3 Å². The molecule has 350 valence electrons. The Morgan fingerprint density at radius 2 is 1.95 bits per heavy atom. The van der Waals surface area contributed by atoms with Crippen LogP contribution in [0, 0.1) is 6.92 Å². The summed E-state index contributed by atoms with van der Waals surface area (Å²) in [5.41, 5.74) is 3.38. The highest BCUT2D eigenvalue weighted by Crippen LogP contribution is 2.69. The van der Waals surface area contributed by atoms with Crippen molar-refractivity contribution >= 4 is 53.2 Å². The number of carbonyl (C=O) groups is 1. The number of rotatable bonds is 17. The molecule has 0 spiro atoms. The first kappa shape index (κ1) is 48.8. The number of benzene rings is 2. The van der Waals surface area contributed by atoms with Gasteiger partial charge in [-0.05, 0) is 64.2 Å². The molecular formula is C39H54N6O15P3S+. The van der Waals surface area contributed by atoms with E-state index in [4.69, 9.17) is 28.8 Å². The molecule has 0 saturated carbocycles. The van der Waals surface area contributed by atoms with Gasteiger partial charge in [0.25, 0.3) is 5.56 Å². The minimum absolute atomic E-state index is 0.0209. The lowest BCUT2D eigenvalue weighted by Gasteiger charge is -2.47. The zero-order valence-electron chi connectivity index (χ0n) is 36.0. The largest absolute Gasteiger partial charge is 0.603 e. The monoisotopic (exact) mass is 971 g/mol. The molecule has 6 atom stereocenters. The van der Waals surface area contributed by atoms with E-state index in [1.807, 2.05) is 0 Å². The molecule has 1 saturated heterocycles. The van der Waals surface area contributed by atoms with Crippen LogP contribution in [-0.4, -0.2) is 90.5 Å². The van der Waals surface area contributed by atoms with Crippen molar-refractivity contribution in [2.75, 3.05) is 43.4 Å². The molecule has 4 aliphatic heterocycles. The quantitative estimate of drug-likeness (QED) is 0.0498. The molecule has 3 aromatic rings. The van der Waals surface area contributed by atoms with Gasteiger partial charge in [-0.25, -0.2) is 18.9 Å². The second-order valence-electron chi connectivity index (χ2n) is 16.9. The number of carbonyl (C=O) groups excluding carboxylic acids is 1. The first-order valence-corrected chi connectivity index (χ1v) is 26.5. The van der Waals surface area contributed by atoms with E-state index in [1.165, 1.54) is 41.7 Å². The van der Waals surface area contributed by atoms with Crippen molar-refractivity contribution in [2.45, 2.75) is 102 Å². The summed E-state index contributed by atoms with van der Waals surface area (Å²) in [6.07, 6.45) is 3.19. The van der Waals surface area contributed by atoms with Gasteiger partial charge in [-0.3, -0.25) is 23.7 Å². The predicted molar refractivity (Wildman–Crippen MR) is 234 cm³/mol. The Labute approximate surface area is 373 Å². The molecule has 4 aliphatic rings. The van der Waals surface area contributed by atoms with Gasteiger partial charge in [0.1, 0.15) is 30.4 Å². The predicted octanol–water partition coefficient (Wildman–Crippen LogP) is 1.64. The summed E-state index contributed by atoms with van der Waals surface area (Å²) in [6, 6.07) is 8.52. The Morgan fingerprint density at radius 3 is 2.69 bits per heavy atom. The van der Waals surface area contributed by atoms with Gasteiger partial charge < -0.3 is 34.4 Å². The minimum atomic E-state index is -5.75. The molecule has 0 bridgehead atoms. The number of amides is 1. The van der Waals surface area contributed by atoms with Crippen LogP contribution in [0.5, 0.6) is 11.5 Å². The third-order valence-corrected chi connectivity index (χ3v) is 16.8. The van der Waals surface area contributed by atoms with E-state index in [-0.39, 0.29) is 36.4 Å². The molecule has 1 aromatic heterocycles. The van der Waals surface area contributed by atoms with Crippen molar-refractivity contribution in [1.82, 2.24) is 19.4 Å². The molecule has 64 heavy (non-hydrogen) atoms. The number of thioether (sulfide) groups is 1. The summed E-state index contributed by atoms with van der Waals surface area (Å²) in [5, 5.41) is 4.25. The SMILES string of the molecule is CCN1c2cc3c(cc2C(C)CC1(C)C)N=c1cc2c(cc1O3)=[N+](CCCC(=O)NCCS[C@H]1C[C@H](n3cc(C)c(=O)[nH]c3=O)O[C@@H]1COP(=O)(O)O[P+]([O-])(O)O[P+]([O-])(O)O)CCC2. The summed E-state index contributed by atoms with van der Waals surface area (Å²) >= 11 is 1.29. The van der Waals surface area contributed by atoms with Crippen molar-refractivity contribution in [2.24, 2.45) is 4.99 Å². The normalized spacial score (nSPS) is 23.1. The van der Waals surface area contributed by atoms with Crippen LogP contribution in [0.2, 0.25) is 0 Å². The molecule has 0 aliphatic carbocycles. The summed E-state index contributed by atoms with van der Waals surface area (Å²) in [7, 11) is -16.8. The molecule has 3 unspecified atom stereocenters. The molecule has 1 amide bonds. The first-order valence-electron chi connectivity index (χ1n) is 20.9. The third-order valence-electron chi connectivity index (χ3n) is 11.7. The zero-order valence-corrected chi connectivity index (χ0v) is 39.5. The Morgan fingerprint density at radius 1 is 1.19 bits per heavy atom. The van der Waals surface area contributed by atoms with Gasteiger partial charge in [0, 0.05) is 88.7 Å². The molecule has 2 aromatic carbocycles. The maximum Gasteiger partial charge on any atom is 0.511 e. The molecule has 21 nitrogen and oxygen atoms in total. The van der Waals surface area contributed by atoms with Gasteiger partial charge in [0.2, 0.25) is 11.3 Å². The zero-order chi connectivity index (χ0) is 46.4. The highest BCUT2D eigenvalue weighted by molar-refractivity contribution is 8.00. The second kappa shape index (κ2) is 19.2. The Hall–Kier alpha value is -3.17. The highest BCUT2D eigenvalue weighted by atomic mass is 32.2. The fourth-order valence-corrected chi connectivity index (χ4v) is 13.2. The molecule has 1 fully saturated rings. The Bertz CT molecular complexity index is 2570. The van der Waals surface area contributed by atoms with E-state index >= 15 is 0 Å². The van der Waals surface area contributed by atoms with Crippen LogP contribution in [0.3, 0.4) is 0 Å². The molecular weight excluding hydrogens is 917 g/mol. The smallest absolute Gasteiger partial charge is 0.511 e. The number of hydrogen-bond acceptors (Lipinski definition) is 17. The maximum atomic E-state index is 13.0. The molecule has 0 radical (unpaired) electrons. The van der Waals surface area contributed by atoms with E-state index < -0.39 is 59.6 Å². The van der Waals surface area contributed by atoms with Crippen molar-refractivity contribution in [3.63, 3.8) is 0 Å². The van der Waals surface area contributed by atoms with Crippen LogP contribution in [0.25, 0.3) is 0 Å². The number of nitrogens with one attached hydrogen (secondary N) is 2. The topological polar surface area (TPSA) is 293 Å². The number of nitrogens with zero attached hydrogens (tertiary/aromatic N) is 4. The number of ether oxygens (including phenoxy) is 2. The van der Waals surface area contributed by atoms with Gasteiger partial charge in [0.15, 0.2) is 11.5 Å². The number of aromatic amines is 1. The number of anilines is 1. The maximum absolute atomic E-state index is 13.0. The van der Waals surface area contributed by atoms with Crippen LogP contribution >= 0.6 is 35.9 Å². The average Bonchev–Trinajstić information content (AvgIpc) is 3.59. The Kier molecular flexibility index (Phi) is 14.6. The second-order valence-corrected chi connectivity index (χ2v) is 22.7. The molecule has 25 heteroatoms. The number of phosphoric ester groups is 1. The average molecular weight is 972 g/mol. The number of aryl methyl sites for hydroxylation is 2. The van der Waals surface area contributed by atoms with Crippen LogP contribution < -0.4 is 51.3 Å². The van der Waals surface area contributed by atoms with Gasteiger partial charge in [-0.2, -0.15) is 26.4 Å². The third kappa shape index (κ3) is 11.5. The number of aromatic nitrogens is 2. The van der Waals surface area contributed by atoms with Gasteiger partial charge in [-0.1, -0.05) is 11.2 Å². The van der Waals surface area contributed by atoms with Crippen molar-refractivity contribution in [1.29, 1.82) is 0 Å². The number of fused-ring (bicyclic) bond motifs is 4. The standard InChI is InChI=1S/C39H53N6O15P3S/c1-6-45-30-18-32-28(16-26(30)23(2)20-39(45,4)5)41-27-15-25-9-7-12-43(29(25)17-31(27)57-32)13-8-10-35(46)40-11-14-64-34-19-36(44-21-24(3)37(47)42-38(44)48)58-33(34)22-56-62(52,53)60-63(54,55)59-61(49,50)51/h15-18,21,23,33-34,36H,6-14,19-20,22H2,1-5H3,(H5-,40,42,46,47,48,49,50,51,52,53,54,55)/p+1/t23?,33-,34+,36-/m1/s1. The van der Waals surface area contributed by atoms with Crippen LogP contribution in [0.1, 0.15) is 88.6 Å². The van der Waals surface area contributed by atoms with Gasteiger partial charge >= 0.3 is 29.9 Å². The van der Waals surface area contributed by atoms with E-state index in [0.29, 0.717) is 30.4 Å². The number of H-pyrrole nitrogens is 1. The molecule has 7 rings (SSSR count). The van der Waals surface area contributed by atoms with E-state index in [2.05, 4.69) is 80.4 Å². The van der Waals surface area contributed by atoms with Crippen LogP contribution in [-0.2, 0) is 33.7 Å². The lowest BCUT2D eigenvalue weighted by molar-refractivity contribution is -0.256. The van der Waals surface area contributed by atoms with E-state index in [0.717, 1.165) is 59.1 Å². The lowest BCUT2D eigenvalue weighted by atomic mass is 9.80. The Balaban J connectivity index is 0.952. The number of phosphoric acid groups is 3. The summed E-state index contributed by atoms with van der Waals surface area (Å²) in [4.78, 5) is 107. The van der Waals surface area contributed by atoms with Gasteiger partial charge in [-0.15, -0.1) is 0 Å². The fourth-order valence-electron chi connectivity index (χ4n) is 8.98.